The number of aromatic nitrogens is 2. The quantitative estimate of drug-likeness (QED) is 0.680. The fourth-order valence-electron chi connectivity index (χ4n) is 4.03. The number of piperidine rings is 1. The van der Waals surface area contributed by atoms with Crippen LogP contribution in [0.4, 0.5) is 0 Å². The van der Waals surface area contributed by atoms with Crippen LogP contribution in [0.3, 0.4) is 0 Å². The molecule has 6 nitrogen and oxygen atoms in total. The lowest BCUT2D eigenvalue weighted by atomic mass is 9.91. The molecule has 1 saturated heterocycles. The van der Waals surface area contributed by atoms with Gasteiger partial charge in [-0.3, -0.25) is 14.3 Å². The lowest BCUT2D eigenvalue weighted by Gasteiger charge is -2.38. The van der Waals surface area contributed by atoms with Crippen LogP contribution in [-0.2, 0) is 13.1 Å². The Labute approximate surface area is 176 Å². The van der Waals surface area contributed by atoms with Crippen LogP contribution in [0.2, 0.25) is 0 Å². The first-order chi connectivity index (χ1) is 14.4. The summed E-state index contributed by atoms with van der Waals surface area (Å²) in [5.74, 6) is 0.885. The molecule has 0 radical (unpaired) electrons. The van der Waals surface area contributed by atoms with Crippen molar-refractivity contribution in [2.75, 3.05) is 13.1 Å². The average Bonchev–Trinajstić information content (AvgIpc) is 2.73. The fourth-order valence-corrected chi connectivity index (χ4v) is 4.03. The van der Waals surface area contributed by atoms with Gasteiger partial charge in [0.25, 0.3) is 5.56 Å². The molecule has 1 fully saturated rings. The summed E-state index contributed by atoms with van der Waals surface area (Å²) < 4.78 is 7.25. The molecule has 1 N–H and O–H groups in total. The van der Waals surface area contributed by atoms with Gasteiger partial charge in [-0.2, -0.15) is 0 Å². The topological polar surface area (TPSA) is 67.6 Å². The molecule has 0 atom stereocenters. The van der Waals surface area contributed by atoms with Gasteiger partial charge in [0, 0.05) is 19.6 Å². The molecule has 0 unspecified atom stereocenters. The normalized spacial score (nSPS) is 16.8. The van der Waals surface area contributed by atoms with E-state index >= 15 is 0 Å². The van der Waals surface area contributed by atoms with Crippen molar-refractivity contribution in [3.8, 4) is 5.75 Å². The Morgan fingerprint density at radius 3 is 2.50 bits per heavy atom. The minimum absolute atomic E-state index is 0.0971. The number of hydrogen-bond donors (Lipinski definition) is 1. The van der Waals surface area contributed by atoms with Gasteiger partial charge in [0.15, 0.2) is 0 Å². The minimum Gasteiger partial charge on any atom is -0.491 e. The maximum atomic E-state index is 12.7. The van der Waals surface area contributed by atoms with Gasteiger partial charge < -0.3 is 9.84 Å². The summed E-state index contributed by atoms with van der Waals surface area (Å²) in [7, 11) is 0. The van der Waals surface area contributed by atoms with Crippen molar-refractivity contribution < 1.29 is 9.84 Å². The highest BCUT2D eigenvalue weighted by molar-refractivity contribution is 5.76. The highest BCUT2D eigenvalue weighted by atomic mass is 16.5. The molecule has 1 aliphatic heterocycles. The summed E-state index contributed by atoms with van der Waals surface area (Å²) in [5.41, 5.74) is 0.927. The second-order valence-corrected chi connectivity index (χ2v) is 8.51. The van der Waals surface area contributed by atoms with Gasteiger partial charge in [-0.05, 0) is 56.5 Å². The van der Waals surface area contributed by atoms with E-state index in [9.17, 15) is 9.90 Å². The van der Waals surface area contributed by atoms with Gasteiger partial charge in [0.2, 0.25) is 0 Å². The standard InChI is InChI=1S/C24H29N3O3/c1-18(2)30-20-9-7-19(8-10-20)15-26-13-11-24(29,12-14-26)16-27-17-25-22-6-4-3-5-21(22)23(27)28/h3-10,17-18,29H,11-16H2,1-2H3. The Morgan fingerprint density at radius 2 is 1.80 bits per heavy atom. The van der Waals surface area contributed by atoms with E-state index in [1.54, 1.807) is 17.0 Å². The average molecular weight is 408 g/mol. The first kappa shape index (κ1) is 20.6. The SMILES string of the molecule is CC(C)Oc1ccc(CN2CCC(O)(Cn3cnc4ccccc4c3=O)CC2)cc1. The number of rotatable bonds is 6. The van der Waals surface area contributed by atoms with Crippen molar-refractivity contribution >= 4 is 10.9 Å². The predicted molar refractivity (Wildman–Crippen MR) is 118 cm³/mol. The molecule has 0 saturated carbocycles. The van der Waals surface area contributed by atoms with E-state index in [0.29, 0.717) is 23.7 Å². The molecule has 0 amide bonds. The monoisotopic (exact) mass is 407 g/mol. The first-order valence-corrected chi connectivity index (χ1v) is 10.6. The largest absolute Gasteiger partial charge is 0.491 e. The van der Waals surface area contributed by atoms with E-state index < -0.39 is 5.60 Å². The van der Waals surface area contributed by atoms with E-state index in [0.717, 1.165) is 25.4 Å². The van der Waals surface area contributed by atoms with Crippen LogP contribution in [0.15, 0.2) is 59.7 Å². The van der Waals surface area contributed by atoms with Crippen LogP contribution < -0.4 is 10.3 Å². The Kier molecular flexibility index (Phi) is 5.88. The number of hydrogen-bond acceptors (Lipinski definition) is 5. The fraction of sp³-hybridized carbons (Fsp3) is 0.417. The summed E-state index contributed by atoms with van der Waals surface area (Å²) in [4.78, 5) is 19.4. The minimum atomic E-state index is -0.889. The highest BCUT2D eigenvalue weighted by Crippen LogP contribution is 2.25. The Hall–Kier alpha value is -2.70. The molecule has 2 heterocycles. The van der Waals surface area contributed by atoms with Crippen LogP contribution in [-0.4, -0.2) is 44.4 Å². The Bertz CT molecular complexity index is 1050. The van der Waals surface area contributed by atoms with Crippen LogP contribution >= 0.6 is 0 Å². The first-order valence-electron chi connectivity index (χ1n) is 10.6. The van der Waals surface area contributed by atoms with Gasteiger partial charge in [-0.1, -0.05) is 24.3 Å². The maximum Gasteiger partial charge on any atom is 0.261 e. The summed E-state index contributed by atoms with van der Waals surface area (Å²) in [6.07, 6.45) is 2.97. The number of para-hydroxylation sites is 1. The van der Waals surface area contributed by atoms with Gasteiger partial charge >= 0.3 is 0 Å². The molecule has 0 bridgehead atoms. The number of likely N-dealkylation sites (tertiary alicyclic amines) is 1. The third-order valence-electron chi connectivity index (χ3n) is 5.68. The lowest BCUT2D eigenvalue weighted by molar-refractivity contribution is -0.0364. The molecule has 30 heavy (non-hydrogen) atoms. The molecule has 0 aliphatic carbocycles. The van der Waals surface area contributed by atoms with Crippen molar-refractivity contribution in [3.63, 3.8) is 0 Å². The Morgan fingerprint density at radius 1 is 1.10 bits per heavy atom. The number of benzene rings is 2. The molecule has 2 aromatic carbocycles. The van der Waals surface area contributed by atoms with Crippen LogP contribution in [0.1, 0.15) is 32.3 Å². The van der Waals surface area contributed by atoms with Crippen molar-refractivity contribution in [2.24, 2.45) is 0 Å². The summed E-state index contributed by atoms with van der Waals surface area (Å²) >= 11 is 0. The molecule has 1 aliphatic rings. The van der Waals surface area contributed by atoms with E-state index in [4.69, 9.17) is 4.74 Å². The van der Waals surface area contributed by atoms with Gasteiger partial charge in [-0.25, -0.2) is 4.98 Å². The molecule has 3 aromatic rings. The molecule has 6 heteroatoms. The third kappa shape index (κ3) is 4.71. The van der Waals surface area contributed by atoms with E-state index in [1.165, 1.54) is 5.56 Å². The molecular formula is C24H29N3O3. The molecule has 1 aromatic heterocycles. The van der Waals surface area contributed by atoms with E-state index in [2.05, 4.69) is 22.0 Å². The van der Waals surface area contributed by atoms with E-state index in [1.807, 2.05) is 44.2 Å². The van der Waals surface area contributed by atoms with Gasteiger partial charge in [0.05, 0.1) is 35.5 Å². The zero-order valence-electron chi connectivity index (χ0n) is 17.6. The zero-order valence-corrected chi connectivity index (χ0v) is 17.6. The molecule has 158 valence electrons. The zero-order chi connectivity index (χ0) is 21.1. The van der Waals surface area contributed by atoms with Gasteiger partial charge in [-0.15, -0.1) is 0 Å². The van der Waals surface area contributed by atoms with Crippen LogP contribution in [0.25, 0.3) is 10.9 Å². The number of aliphatic hydroxyl groups is 1. The van der Waals surface area contributed by atoms with Crippen LogP contribution in [0, 0.1) is 0 Å². The van der Waals surface area contributed by atoms with Gasteiger partial charge in [0.1, 0.15) is 5.75 Å². The highest BCUT2D eigenvalue weighted by Gasteiger charge is 2.33. The predicted octanol–water partition coefficient (Wildman–Crippen LogP) is 3.21. The third-order valence-corrected chi connectivity index (χ3v) is 5.68. The van der Waals surface area contributed by atoms with Crippen molar-refractivity contribution in [2.45, 2.75) is 51.5 Å². The summed E-state index contributed by atoms with van der Waals surface area (Å²) in [6.45, 7) is 6.73. The number of fused-ring (bicyclic) bond motifs is 1. The van der Waals surface area contributed by atoms with Crippen molar-refractivity contribution in [1.82, 2.24) is 14.5 Å². The second kappa shape index (κ2) is 8.58. The Balaban J connectivity index is 1.37. The maximum absolute atomic E-state index is 12.7. The summed E-state index contributed by atoms with van der Waals surface area (Å²) in [5, 5.41) is 11.7. The van der Waals surface area contributed by atoms with Crippen molar-refractivity contribution in [3.05, 3.63) is 70.8 Å². The van der Waals surface area contributed by atoms with Crippen LogP contribution in [0.5, 0.6) is 5.75 Å². The molecule has 4 rings (SSSR count). The summed E-state index contributed by atoms with van der Waals surface area (Å²) in [6, 6.07) is 15.5. The lowest BCUT2D eigenvalue weighted by Crippen LogP contribution is -2.47. The number of ether oxygens (including phenoxy) is 1. The second-order valence-electron chi connectivity index (χ2n) is 8.51. The number of nitrogens with zero attached hydrogens (tertiary/aromatic N) is 3. The smallest absolute Gasteiger partial charge is 0.261 e. The molecule has 0 spiro atoms. The van der Waals surface area contributed by atoms with Crippen molar-refractivity contribution in [1.29, 1.82) is 0 Å². The van der Waals surface area contributed by atoms with E-state index in [-0.39, 0.29) is 18.2 Å². The molecular weight excluding hydrogens is 378 g/mol.